The number of aromatic nitrogens is 3. The maximum atomic E-state index is 14.3. The molecule has 2 aliphatic heterocycles. The van der Waals surface area contributed by atoms with E-state index >= 15 is 0 Å². The lowest BCUT2D eigenvalue weighted by atomic mass is 9.85. The standard InChI is InChI=1S/C30H35N6O11P/c1-19(27(39)45-22-11-13-41-14-12-22)35-48(40,47-23-7-5-4-6-8-23)43-16-29(15-31)28(44-20(2)37)30(17-42-29,46-21(3)38)25-10-9-24-26(32)33-18-34-36(24)25/h4-10,18-19,22,28H,11-14,16-17H2,1-3H3,(H,35,40)(H2,32,33,34)/t19-,28+,29+,30+,48?/m0/s1. The fourth-order valence-electron chi connectivity index (χ4n) is 5.48. The van der Waals surface area contributed by atoms with E-state index in [9.17, 15) is 24.2 Å². The Balaban J connectivity index is 1.48. The maximum Gasteiger partial charge on any atom is 0.459 e. The van der Waals surface area contributed by atoms with Crippen LogP contribution in [0.3, 0.4) is 0 Å². The van der Waals surface area contributed by atoms with Gasteiger partial charge >= 0.3 is 25.7 Å². The van der Waals surface area contributed by atoms with Gasteiger partial charge in [-0.2, -0.15) is 15.4 Å². The van der Waals surface area contributed by atoms with Gasteiger partial charge in [0.1, 0.15) is 42.4 Å². The first-order chi connectivity index (χ1) is 22.9. The molecule has 0 bridgehead atoms. The van der Waals surface area contributed by atoms with E-state index in [1.54, 1.807) is 24.3 Å². The Hall–Kier alpha value is -4.59. The van der Waals surface area contributed by atoms with Crippen LogP contribution >= 0.6 is 7.75 Å². The van der Waals surface area contributed by atoms with Crippen molar-refractivity contribution in [2.75, 3.05) is 32.2 Å². The summed E-state index contributed by atoms with van der Waals surface area (Å²) in [7, 11) is -4.55. The number of carbonyl (C=O) groups is 3. The number of nitriles is 1. The zero-order valence-electron chi connectivity index (χ0n) is 26.4. The van der Waals surface area contributed by atoms with Gasteiger partial charge in [0.2, 0.25) is 11.2 Å². The Kier molecular flexibility index (Phi) is 10.3. The van der Waals surface area contributed by atoms with Crippen LogP contribution in [0.15, 0.2) is 48.8 Å². The van der Waals surface area contributed by atoms with Gasteiger partial charge in [-0.15, -0.1) is 0 Å². The van der Waals surface area contributed by atoms with Crippen molar-refractivity contribution < 1.29 is 51.7 Å². The number of nitrogen functional groups attached to an aromatic ring is 1. The molecule has 2 saturated heterocycles. The predicted octanol–water partition coefficient (Wildman–Crippen LogP) is 2.20. The highest BCUT2D eigenvalue weighted by Crippen LogP contribution is 2.50. The second-order valence-electron chi connectivity index (χ2n) is 11.2. The second kappa shape index (κ2) is 14.3. The average Bonchev–Trinajstić information content (AvgIpc) is 3.62. The number of hydrogen-bond acceptors (Lipinski definition) is 15. The van der Waals surface area contributed by atoms with Crippen LogP contribution in [0.2, 0.25) is 0 Å². The quantitative estimate of drug-likeness (QED) is 0.158. The molecule has 0 aliphatic carbocycles. The van der Waals surface area contributed by atoms with Gasteiger partial charge < -0.3 is 33.9 Å². The molecule has 3 aromatic rings. The molecule has 48 heavy (non-hydrogen) atoms. The Bertz CT molecular complexity index is 1740. The average molecular weight is 687 g/mol. The molecule has 256 valence electrons. The molecule has 0 spiro atoms. The molecule has 2 fully saturated rings. The van der Waals surface area contributed by atoms with Crippen molar-refractivity contribution in [3.63, 3.8) is 0 Å². The van der Waals surface area contributed by atoms with Crippen LogP contribution in [-0.4, -0.2) is 82.8 Å². The van der Waals surface area contributed by atoms with Crippen LogP contribution in [0.1, 0.15) is 39.3 Å². The zero-order valence-corrected chi connectivity index (χ0v) is 27.3. The number of esters is 3. The number of nitrogens with zero attached hydrogens (tertiary/aromatic N) is 4. The molecule has 0 amide bonds. The molecule has 1 unspecified atom stereocenters. The highest BCUT2D eigenvalue weighted by molar-refractivity contribution is 7.52. The summed E-state index contributed by atoms with van der Waals surface area (Å²) in [5.74, 6) is -2.18. The summed E-state index contributed by atoms with van der Waals surface area (Å²) < 4.78 is 55.5. The summed E-state index contributed by atoms with van der Waals surface area (Å²) in [6, 6.07) is 11.8. The van der Waals surface area contributed by atoms with Crippen molar-refractivity contribution in [1.82, 2.24) is 19.7 Å². The van der Waals surface area contributed by atoms with Crippen molar-refractivity contribution in [1.29, 1.82) is 5.26 Å². The highest BCUT2D eigenvalue weighted by atomic mass is 31.2. The number of anilines is 1. The molecule has 0 radical (unpaired) electrons. The number of hydrogen-bond donors (Lipinski definition) is 2. The van der Waals surface area contributed by atoms with Gasteiger partial charge in [0.25, 0.3) is 0 Å². The maximum absolute atomic E-state index is 14.3. The van der Waals surface area contributed by atoms with Crippen LogP contribution < -0.4 is 15.3 Å². The van der Waals surface area contributed by atoms with Crippen LogP contribution in [0, 0.1) is 11.3 Å². The minimum absolute atomic E-state index is 0.0987. The van der Waals surface area contributed by atoms with E-state index in [0.717, 1.165) is 13.8 Å². The number of para-hydroxylation sites is 1. The summed E-state index contributed by atoms with van der Waals surface area (Å²) in [6.07, 6.45) is 0.0939. The number of nitrogens with two attached hydrogens (primary N) is 1. The third-order valence-electron chi connectivity index (χ3n) is 7.68. The van der Waals surface area contributed by atoms with Gasteiger partial charge in [0.15, 0.2) is 11.9 Å². The van der Waals surface area contributed by atoms with Gasteiger partial charge in [-0.05, 0) is 31.2 Å². The van der Waals surface area contributed by atoms with Gasteiger partial charge in [-0.25, -0.2) is 14.1 Å². The molecule has 1 aromatic carbocycles. The van der Waals surface area contributed by atoms with Gasteiger partial charge in [0, 0.05) is 26.7 Å². The minimum atomic E-state index is -4.55. The van der Waals surface area contributed by atoms with Crippen LogP contribution in [-0.2, 0) is 52.8 Å². The Morgan fingerprint density at radius 3 is 2.54 bits per heavy atom. The first-order valence-corrected chi connectivity index (χ1v) is 16.5. The largest absolute Gasteiger partial charge is 0.461 e. The molecule has 5 rings (SSSR count). The number of nitrogens with one attached hydrogen (secondary N) is 1. The lowest BCUT2D eigenvalue weighted by Crippen LogP contribution is -2.54. The lowest BCUT2D eigenvalue weighted by molar-refractivity contribution is -0.184. The highest BCUT2D eigenvalue weighted by Gasteiger charge is 2.67. The van der Waals surface area contributed by atoms with Gasteiger partial charge in [-0.1, -0.05) is 18.2 Å². The van der Waals surface area contributed by atoms with E-state index in [-0.39, 0.29) is 23.4 Å². The lowest BCUT2D eigenvalue weighted by Gasteiger charge is -2.36. The van der Waals surface area contributed by atoms with Crippen LogP contribution in [0.5, 0.6) is 5.75 Å². The normalized spacial score (nSPS) is 24.6. The van der Waals surface area contributed by atoms with Crippen molar-refractivity contribution in [2.45, 2.75) is 63.1 Å². The summed E-state index contributed by atoms with van der Waals surface area (Å²) in [6.45, 7) is 3.12. The fraction of sp³-hybridized carbons (Fsp3) is 0.467. The summed E-state index contributed by atoms with van der Waals surface area (Å²) in [5, 5.41) is 17.4. The fourth-order valence-corrected chi connectivity index (χ4v) is 7.00. The minimum Gasteiger partial charge on any atom is -0.461 e. The van der Waals surface area contributed by atoms with Crippen LogP contribution in [0.4, 0.5) is 5.82 Å². The molecule has 0 saturated carbocycles. The smallest absolute Gasteiger partial charge is 0.459 e. The number of fused-ring (bicyclic) bond motifs is 1. The molecule has 5 atom stereocenters. The Morgan fingerprint density at radius 2 is 1.88 bits per heavy atom. The van der Waals surface area contributed by atoms with Gasteiger partial charge in [-0.3, -0.25) is 18.9 Å². The second-order valence-corrected chi connectivity index (χ2v) is 12.9. The van der Waals surface area contributed by atoms with Crippen molar-refractivity contribution in [2.24, 2.45) is 0 Å². The van der Waals surface area contributed by atoms with E-state index in [4.69, 9.17) is 38.5 Å². The van der Waals surface area contributed by atoms with E-state index < -0.39 is 62.2 Å². The number of carbonyl (C=O) groups excluding carboxylic acids is 3. The predicted molar refractivity (Wildman–Crippen MR) is 164 cm³/mol. The SMILES string of the molecule is CC(=O)O[C@@H]1[C@@](C#N)(COP(=O)(N[C@@H](C)C(=O)OC2CCOCC2)Oc2ccccc2)OC[C@@]1(OC(C)=O)c1ccc2c(N)ncnn12. The number of benzene rings is 1. The molecule has 17 nitrogen and oxygen atoms in total. The molecule has 4 heterocycles. The molecule has 3 N–H and O–H groups in total. The monoisotopic (exact) mass is 686 g/mol. The van der Waals surface area contributed by atoms with E-state index in [2.05, 4.69) is 15.2 Å². The van der Waals surface area contributed by atoms with E-state index in [1.807, 2.05) is 6.07 Å². The van der Waals surface area contributed by atoms with Crippen LogP contribution in [0.25, 0.3) is 5.52 Å². The Labute approximate surface area is 275 Å². The first kappa shape index (κ1) is 34.7. The summed E-state index contributed by atoms with van der Waals surface area (Å²) in [4.78, 5) is 42.0. The van der Waals surface area contributed by atoms with E-state index in [0.29, 0.717) is 31.6 Å². The summed E-state index contributed by atoms with van der Waals surface area (Å²) in [5.41, 5.74) is 2.27. The third-order valence-corrected chi connectivity index (χ3v) is 9.30. The first-order valence-electron chi connectivity index (χ1n) is 15.0. The topological polar surface area (TPSA) is 225 Å². The zero-order chi connectivity index (χ0) is 34.5. The molecular weight excluding hydrogens is 651 g/mol. The number of ether oxygens (including phenoxy) is 5. The third kappa shape index (κ3) is 7.28. The molecular formula is C30H35N6O11P. The molecule has 2 aliphatic rings. The van der Waals surface area contributed by atoms with E-state index in [1.165, 1.54) is 36.0 Å². The Morgan fingerprint density at radius 1 is 1.15 bits per heavy atom. The molecule has 18 heteroatoms. The summed E-state index contributed by atoms with van der Waals surface area (Å²) >= 11 is 0. The van der Waals surface area contributed by atoms with Crippen molar-refractivity contribution in [3.8, 4) is 11.8 Å². The van der Waals surface area contributed by atoms with Crippen molar-refractivity contribution in [3.05, 3.63) is 54.5 Å². The molecule has 2 aromatic heterocycles. The van der Waals surface area contributed by atoms with Crippen molar-refractivity contribution >= 4 is 37.0 Å². The van der Waals surface area contributed by atoms with Gasteiger partial charge in [0.05, 0.1) is 25.5 Å². The number of rotatable bonds is 12.